The molecule has 0 saturated carbocycles. The minimum Gasteiger partial charge on any atom is -0.347 e. The van der Waals surface area contributed by atoms with E-state index in [9.17, 15) is 9.59 Å². The van der Waals surface area contributed by atoms with Gasteiger partial charge < -0.3 is 10.3 Å². The molecule has 20 heavy (non-hydrogen) atoms. The van der Waals surface area contributed by atoms with Gasteiger partial charge in [-0.3, -0.25) is 9.59 Å². The summed E-state index contributed by atoms with van der Waals surface area (Å²) in [6.45, 7) is 0.383. The summed E-state index contributed by atoms with van der Waals surface area (Å²) in [5.74, 6) is -0.134. The largest absolute Gasteiger partial charge is 0.347 e. The van der Waals surface area contributed by atoms with E-state index in [4.69, 9.17) is 0 Å². The lowest BCUT2D eigenvalue weighted by atomic mass is 10.2. The number of fused-ring (bicyclic) bond motifs is 1. The number of aromatic nitrogens is 2. The first-order valence-corrected chi connectivity index (χ1v) is 6.85. The maximum absolute atomic E-state index is 11.9. The summed E-state index contributed by atoms with van der Waals surface area (Å²) in [6, 6.07) is 10.8. The Morgan fingerprint density at radius 1 is 1.30 bits per heavy atom. The molecule has 0 bridgehead atoms. The van der Waals surface area contributed by atoms with E-state index in [1.54, 1.807) is 18.2 Å². The van der Waals surface area contributed by atoms with Crippen molar-refractivity contribution in [2.24, 2.45) is 0 Å². The fourth-order valence-electron chi connectivity index (χ4n) is 1.86. The molecule has 2 heterocycles. The third kappa shape index (κ3) is 2.46. The standard InChI is InChI=1S/C14H11N3O2S/c18-12(9-4-2-1-3-5-9)15-7-10-6-11-13(19)16-8-17-14(11)20-10/h1-6,8H,7H2,(H,15,18)(H,16,17,19). The van der Waals surface area contributed by atoms with Crippen LogP contribution in [0.5, 0.6) is 0 Å². The summed E-state index contributed by atoms with van der Waals surface area (Å²) < 4.78 is 0. The number of carbonyl (C=O) groups excluding carboxylic acids is 1. The van der Waals surface area contributed by atoms with Crippen molar-refractivity contribution < 1.29 is 4.79 Å². The summed E-state index contributed by atoms with van der Waals surface area (Å²) in [5.41, 5.74) is 0.455. The molecule has 0 saturated heterocycles. The summed E-state index contributed by atoms with van der Waals surface area (Å²) in [5, 5.41) is 3.38. The summed E-state index contributed by atoms with van der Waals surface area (Å²) in [6.07, 6.45) is 1.38. The van der Waals surface area contributed by atoms with Crippen molar-refractivity contribution in [3.63, 3.8) is 0 Å². The van der Waals surface area contributed by atoms with Crippen LogP contribution in [0.25, 0.3) is 10.2 Å². The molecule has 0 unspecified atom stereocenters. The average Bonchev–Trinajstić information content (AvgIpc) is 2.90. The smallest absolute Gasteiger partial charge is 0.259 e. The van der Waals surface area contributed by atoms with Gasteiger partial charge in [0.2, 0.25) is 0 Å². The minimum absolute atomic E-state index is 0.134. The Hall–Kier alpha value is -2.47. The van der Waals surface area contributed by atoms with Crippen molar-refractivity contribution >= 4 is 27.5 Å². The van der Waals surface area contributed by atoms with Crippen molar-refractivity contribution in [3.05, 3.63) is 63.5 Å². The normalized spacial score (nSPS) is 10.6. The molecular formula is C14H11N3O2S. The number of benzene rings is 1. The molecule has 0 spiro atoms. The zero-order valence-electron chi connectivity index (χ0n) is 10.4. The van der Waals surface area contributed by atoms with Crippen molar-refractivity contribution in [3.8, 4) is 0 Å². The molecule has 1 aromatic carbocycles. The van der Waals surface area contributed by atoms with Gasteiger partial charge in [-0.1, -0.05) is 18.2 Å². The molecule has 6 heteroatoms. The molecule has 3 aromatic rings. The van der Waals surface area contributed by atoms with Gasteiger partial charge >= 0.3 is 0 Å². The molecule has 0 atom stereocenters. The van der Waals surface area contributed by atoms with Gasteiger partial charge in [-0.15, -0.1) is 11.3 Å². The van der Waals surface area contributed by atoms with Gasteiger partial charge in [0, 0.05) is 10.4 Å². The molecule has 0 fully saturated rings. The number of aromatic amines is 1. The van der Waals surface area contributed by atoms with E-state index in [0.717, 1.165) is 4.88 Å². The third-order valence-electron chi connectivity index (χ3n) is 2.84. The number of nitrogens with zero attached hydrogens (tertiary/aromatic N) is 1. The van der Waals surface area contributed by atoms with Crippen LogP contribution in [0.15, 0.2) is 47.5 Å². The van der Waals surface area contributed by atoms with Gasteiger partial charge in [-0.25, -0.2) is 4.98 Å². The van der Waals surface area contributed by atoms with E-state index in [0.29, 0.717) is 22.3 Å². The average molecular weight is 285 g/mol. The molecule has 5 nitrogen and oxygen atoms in total. The van der Waals surface area contributed by atoms with Crippen molar-refractivity contribution in [1.82, 2.24) is 15.3 Å². The number of H-pyrrole nitrogens is 1. The van der Waals surface area contributed by atoms with E-state index < -0.39 is 0 Å². The van der Waals surface area contributed by atoms with Crippen LogP contribution in [0.4, 0.5) is 0 Å². The van der Waals surface area contributed by atoms with Gasteiger partial charge in [0.25, 0.3) is 11.5 Å². The second kappa shape index (κ2) is 5.26. The van der Waals surface area contributed by atoms with Gasteiger partial charge in [-0.2, -0.15) is 0 Å². The van der Waals surface area contributed by atoms with E-state index in [1.807, 2.05) is 18.2 Å². The van der Waals surface area contributed by atoms with Crippen LogP contribution in [-0.2, 0) is 6.54 Å². The van der Waals surface area contributed by atoms with Crippen molar-refractivity contribution in [1.29, 1.82) is 0 Å². The fourth-order valence-corrected chi connectivity index (χ4v) is 2.80. The van der Waals surface area contributed by atoms with Crippen molar-refractivity contribution in [2.75, 3.05) is 0 Å². The predicted octanol–water partition coefficient (Wildman–Crippen LogP) is 1.91. The highest BCUT2D eigenvalue weighted by molar-refractivity contribution is 7.18. The highest BCUT2D eigenvalue weighted by Crippen LogP contribution is 2.20. The van der Waals surface area contributed by atoms with E-state index in [2.05, 4.69) is 15.3 Å². The van der Waals surface area contributed by atoms with Crippen LogP contribution >= 0.6 is 11.3 Å². The number of carbonyl (C=O) groups is 1. The molecule has 2 aromatic heterocycles. The van der Waals surface area contributed by atoms with Crippen LogP contribution in [-0.4, -0.2) is 15.9 Å². The van der Waals surface area contributed by atoms with Crippen LogP contribution in [0.1, 0.15) is 15.2 Å². The quantitative estimate of drug-likeness (QED) is 0.772. The maximum Gasteiger partial charge on any atom is 0.259 e. The second-order valence-electron chi connectivity index (χ2n) is 4.21. The predicted molar refractivity (Wildman–Crippen MR) is 77.9 cm³/mol. The van der Waals surface area contributed by atoms with Crippen molar-refractivity contribution in [2.45, 2.75) is 6.54 Å². The Kier molecular flexibility index (Phi) is 3.30. The Morgan fingerprint density at radius 2 is 2.10 bits per heavy atom. The van der Waals surface area contributed by atoms with Crippen LogP contribution in [0.2, 0.25) is 0 Å². The van der Waals surface area contributed by atoms with E-state index >= 15 is 0 Å². The summed E-state index contributed by atoms with van der Waals surface area (Å²) >= 11 is 1.40. The van der Waals surface area contributed by atoms with Gasteiger partial charge in [0.1, 0.15) is 4.83 Å². The highest BCUT2D eigenvalue weighted by atomic mass is 32.1. The molecule has 100 valence electrons. The zero-order chi connectivity index (χ0) is 13.9. The fraction of sp³-hybridized carbons (Fsp3) is 0.0714. The Labute approximate surface area is 118 Å². The lowest BCUT2D eigenvalue weighted by Crippen LogP contribution is -2.22. The molecular weight excluding hydrogens is 274 g/mol. The number of thiophene rings is 1. The first-order valence-electron chi connectivity index (χ1n) is 6.03. The molecule has 0 aliphatic heterocycles. The number of rotatable bonds is 3. The molecule has 2 N–H and O–H groups in total. The zero-order valence-corrected chi connectivity index (χ0v) is 11.2. The SMILES string of the molecule is O=C(NCc1cc2c(=O)[nH]cnc2s1)c1ccccc1. The molecule has 0 aliphatic rings. The molecule has 0 aliphatic carbocycles. The second-order valence-corrected chi connectivity index (χ2v) is 5.33. The Balaban J connectivity index is 1.76. The number of hydrogen-bond donors (Lipinski definition) is 2. The summed E-state index contributed by atoms with van der Waals surface area (Å²) in [4.78, 5) is 31.7. The Morgan fingerprint density at radius 3 is 2.85 bits per heavy atom. The topological polar surface area (TPSA) is 74.8 Å². The number of nitrogens with one attached hydrogen (secondary N) is 2. The summed E-state index contributed by atoms with van der Waals surface area (Å²) in [7, 11) is 0. The number of amides is 1. The minimum atomic E-state index is -0.160. The molecule has 3 rings (SSSR count). The molecule has 0 radical (unpaired) electrons. The van der Waals surface area contributed by atoms with Gasteiger partial charge in [0.05, 0.1) is 18.3 Å². The van der Waals surface area contributed by atoms with Crippen LogP contribution in [0.3, 0.4) is 0 Å². The molecule has 1 amide bonds. The highest BCUT2D eigenvalue weighted by Gasteiger charge is 2.08. The first kappa shape index (κ1) is 12.6. The van der Waals surface area contributed by atoms with Crippen LogP contribution in [0, 0.1) is 0 Å². The third-order valence-corrected chi connectivity index (χ3v) is 3.89. The number of hydrogen-bond acceptors (Lipinski definition) is 4. The lowest BCUT2D eigenvalue weighted by molar-refractivity contribution is 0.0951. The Bertz CT molecular complexity index is 808. The van der Waals surface area contributed by atoms with Gasteiger partial charge in [-0.05, 0) is 18.2 Å². The van der Waals surface area contributed by atoms with Crippen LogP contribution < -0.4 is 10.9 Å². The van der Waals surface area contributed by atoms with E-state index in [1.165, 1.54) is 17.7 Å². The monoisotopic (exact) mass is 285 g/mol. The van der Waals surface area contributed by atoms with Gasteiger partial charge in [0.15, 0.2) is 0 Å². The lowest BCUT2D eigenvalue weighted by Gasteiger charge is -2.02. The van der Waals surface area contributed by atoms with E-state index in [-0.39, 0.29) is 11.5 Å². The maximum atomic E-state index is 11.9. The first-order chi connectivity index (χ1) is 9.74.